The van der Waals surface area contributed by atoms with Crippen molar-refractivity contribution >= 4 is 0 Å². The van der Waals surface area contributed by atoms with E-state index >= 15 is 0 Å². The molecule has 0 bridgehead atoms. The lowest BCUT2D eigenvalue weighted by Crippen LogP contribution is -2.44. The largest absolute Gasteiger partial charge is 0.321 e. The van der Waals surface area contributed by atoms with Gasteiger partial charge < -0.3 is 5.73 Å². The lowest BCUT2D eigenvalue weighted by molar-refractivity contribution is 0.0896. The Labute approximate surface area is 96.9 Å². The molecule has 0 heterocycles. The molecule has 0 amide bonds. The Hall–Kier alpha value is -0.890. The molecule has 1 nitrogen and oxygen atoms in total. The van der Waals surface area contributed by atoms with E-state index in [1.54, 1.807) is 6.92 Å². The third-order valence-corrected chi connectivity index (χ3v) is 3.87. The van der Waals surface area contributed by atoms with Crippen LogP contribution in [0.5, 0.6) is 0 Å². The second-order valence-corrected chi connectivity index (χ2v) is 5.38. The summed E-state index contributed by atoms with van der Waals surface area (Å²) in [4.78, 5) is 0. The zero-order valence-electron chi connectivity index (χ0n) is 10.1. The van der Waals surface area contributed by atoms with Gasteiger partial charge in [-0.15, -0.1) is 0 Å². The number of benzene rings is 1. The van der Waals surface area contributed by atoms with Gasteiger partial charge in [0.15, 0.2) is 0 Å². The molecule has 1 fully saturated rings. The Morgan fingerprint density at radius 2 is 1.69 bits per heavy atom. The maximum Gasteiger partial charge on any atom is 0.108 e. The van der Waals surface area contributed by atoms with Crippen LogP contribution in [0, 0.1) is 6.92 Å². The molecule has 0 spiro atoms. The average molecular weight is 221 g/mol. The molecule has 0 radical (unpaired) electrons. The normalized spacial score (nSPS) is 35.0. The van der Waals surface area contributed by atoms with Gasteiger partial charge in [-0.05, 0) is 50.7 Å². The van der Waals surface area contributed by atoms with E-state index in [1.807, 2.05) is 12.1 Å². The summed E-state index contributed by atoms with van der Waals surface area (Å²) in [6, 6.07) is 8.19. The summed E-state index contributed by atoms with van der Waals surface area (Å²) in [5.41, 5.74) is 7.49. The van der Waals surface area contributed by atoms with Crippen LogP contribution in [0.3, 0.4) is 0 Å². The van der Waals surface area contributed by atoms with Gasteiger partial charge in [0.25, 0.3) is 0 Å². The standard InChI is InChI=1S/C14H20FN/c1-11-5-3-4-6-12(11)14(16)9-7-13(2,15)8-10-14/h3-6H,7-10,16H2,1-2H3. The molecule has 2 N–H and O–H groups in total. The maximum absolute atomic E-state index is 13.8. The summed E-state index contributed by atoms with van der Waals surface area (Å²) >= 11 is 0. The molecule has 2 heteroatoms. The van der Waals surface area contributed by atoms with Gasteiger partial charge in [0.2, 0.25) is 0 Å². The van der Waals surface area contributed by atoms with E-state index in [2.05, 4.69) is 19.1 Å². The van der Waals surface area contributed by atoms with Gasteiger partial charge in [-0.3, -0.25) is 0 Å². The van der Waals surface area contributed by atoms with Gasteiger partial charge in [-0.1, -0.05) is 24.3 Å². The zero-order chi connectivity index (χ0) is 11.8. The van der Waals surface area contributed by atoms with E-state index in [9.17, 15) is 4.39 Å². The molecule has 16 heavy (non-hydrogen) atoms. The van der Waals surface area contributed by atoms with Crippen LogP contribution in [0.1, 0.15) is 43.7 Å². The van der Waals surface area contributed by atoms with E-state index in [0.717, 1.165) is 12.8 Å². The second-order valence-electron chi connectivity index (χ2n) is 5.38. The quantitative estimate of drug-likeness (QED) is 0.772. The molecule has 0 aliphatic heterocycles. The minimum Gasteiger partial charge on any atom is -0.321 e. The number of nitrogens with two attached hydrogens (primary N) is 1. The Morgan fingerprint density at radius 1 is 1.12 bits per heavy atom. The van der Waals surface area contributed by atoms with Gasteiger partial charge in [0.1, 0.15) is 5.67 Å². The third kappa shape index (κ3) is 2.12. The van der Waals surface area contributed by atoms with Crippen molar-refractivity contribution in [3.05, 3.63) is 35.4 Å². The van der Waals surface area contributed by atoms with Crippen molar-refractivity contribution in [2.24, 2.45) is 5.73 Å². The Balaban J connectivity index is 2.25. The highest BCUT2D eigenvalue weighted by molar-refractivity contribution is 5.33. The van der Waals surface area contributed by atoms with E-state index in [1.165, 1.54) is 11.1 Å². The summed E-state index contributed by atoms with van der Waals surface area (Å²) in [7, 11) is 0. The minimum atomic E-state index is -1.02. The molecular weight excluding hydrogens is 201 g/mol. The van der Waals surface area contributed by atoms with E-state index in [4.69, 9.17) is 5.73 Å². The van der Waals surface area contributed by atoms with Crippen molar-refractivity contribution in [3.63, 3.8) is 0 Å². The number of hydrogen-bond acceptors (Lipinski definition) is 1. The molecule has 88 valence electrons. The summed E-state index contributed by atoms with van der Waals surface area (Å²) in [5.74, 6) is 0. The topological polar surface area (TPSA) is 26.0 Å². The number of rotatable bonds is 1. The van der Waals surface area contributed by atoms with Crippen LogP contribution < -0.4 is 5.73 Å². The summed E-state index contributed by atoms with van der Waals surface area (Å²) in [6.45, 7) is 3.76. The fourth-order valence-corrected chi connectivity index (χ4v) is 2.62. The average Bonchev–Trinajstić information content (AvgIpc) is 2.24. The number of aryl methyl sites for hydroxylation is 1. The highest BCUT2D eigenvalue weighted by Gasteiger charge is 2.39. The van der Waals surface area contributed by atoms with Crippen molar-refractivity contribution in [2.75, 3.05) is 0 Å². The first-order chi connectivity index (χ1) is 7.43. The third-order valence-electron chi connectivity index (χ3n) is 3.87. The predicted molar refractivity (Wildman–Crippen MR) is 65.0 cm³/mol. The van der Waals surface area contributed by atoms with Crippen LogP contribution in [-0.4, -0.2) is 5.67 Å². The lowest BCUT2D eigenvalue weighted by Gasteiger charge is -2.40. The van der Waals surface area contributed by atoms with Gasteiger partial charge >= 0.3 is 0 Å². The zero-order valence-corrected chi connectivity index (χ0v) is 10.1. The van der Waals surface area contributed by atoms with Crippen molar-refractivity contribution in [1.82, 2.24) is 0 Å². The van der Waals surface area contributed by atoms with Gasteiger partial charge in [-0.25, -0.2) is 4.39 Å². The van der Waals surface area contributed by atoms with Crippen LogP contribution >= 0.6 is 0 Å². The molecule has 1 saturated carbocycles. The monoisotopic (exact) mass is 221 g/mol. The fraction of sp³-hybridized carbons (Fsp3) is 0.571. The van der Waals surface area contributed by atoms with Crippen molar-refractivity contribution < 1.29 is 4.39 Å². The van der Waals surface area contributed by atoms with Crippen LogP contribution in [0.2, 0.25) is 0 Å². The predicted octanol–water partition coefficient (Wildman–Crippen LogP) is 3.45. The highest BCUT2D eigenvalue weighted by Crippen LogP contribution is 2.41. The molecule has 2 rings (SSSR count). The van der Waals surface area contributed by atoms with E-state index < -0.39 is 5.67 Å². The summed E-state index contributed by atoms with van der Waals surface area (Å²) in [5, 5.41) is 0. The molecule has 0 saturated heterocycles. The number of hydrogen-bond donors (Lipinski definition) is 1. The first-order valence-corrected chi connectivity index (χ1v) is 5.97. The van der Waals surface area contributed by atoms with Crippen molar-refractivity contribution in [1.29, 1.82) is 0 Å². The Bertz CT molecular complexity index is 374. The van der Waals surface area contributed by atoms with Crippen LogP contribution in [0.4, 0.5) is 4.39 Å². The smallest absolute Gasteiger partial charge is 0.108 e. The molecular formula is C14H20FN. The summed E-state index contributed by atoms with van der Waals surface area (Å²) < 4.78 is 13.8. The number of halogens is 1. The van der Waals surface area contributed by atoms with Crippen LogP contribution in [0.25, 0.3) is 0 Å². The maximum atomic E-state index is 13.8. The molecule has 0 atom stereocenters. The summed E-state index contributed by atoms with van der Waals surface area (Å²) in [6.07, 6.45) is 2.62. The van der Waals surface area contributed by atoms with Gasteiger partial charge in [-0.2, -0.15) is 0 Å². The Morgan fingerprint density at radius 3 is 2.25 bits per heavy atom. The SMILES string of the molecule is Cc1ccccc1C1(N)CCC(C)(F)CC1. The van der Waals surface area contributed by atoms with Gasteiger partial charge in [0.05, 0.1) is 0 Å². The lowest BCUT2D eigenvalue weighted by atomic mass is 9.72. The minimum absolute atomic E-state index is 0.322. The molecule has 1 aromatic rings. The first kappa shape index (κ1) is 11.6. The molecule has 0 unspecified atom stereocenters. The fourth-order valence-electron chi connectivity index (χ4n) is 2.62. The van der Waals surface area contributed by atoms with Crippen molar-refractivity contribution in [3.8, 4) is 0 Å². The Kier molecular flexibility index (Phi) is 2.79. The molecule has 1 aliphatic rings. The van der Waals surface area contributed by atoms with Gasteiger partial charge in [0, 0.05) is 5.54 Å². The van der Waals surface area contributed by atoms with Crippen LogP contribution in [-0.2, 0) is 5.54 Å². The molecule has 1 aromatic carbocycles. The van der Waals surface area contributed by atoms with E-state index in [0.29, 0.717) is 12.8 Å². The second kappa shape index (κ2) is 3.85. The molecule has 1 aliphatic carbocycles. The molecule has 0 aromatic heterocycles. The number of alkyl halides is 1. The van der Waals surface area contributed by atoms with Crippen LogP contribution in [0.15, 0.2) is 24.3 Å². The highest BCUT2D eigenvalue weighted by atomic mass is 19.1. The van der Waals surface area contributed by atoms with E-state index in [-0.39, 0.29) is 5.54 Å². The first-order valence-electron chi connectivity index (χ1n) is 5.97. The van der Waals surface area contributed by atoms with Crippen molar-refractivity contribution in [2.45, 2.75) is 50.7 Å².